The average molecular weight is 252 g/mol. The standard InChI is InChI=1S/C12H16N2O4/c1-9-3-5-10(6-4-9)18-8-12(16)14-13-11(15)7-17-2/h3-6H,7-8H2,1-2H3,(H,13,15)(H,14,16). The summed E-state index contributed by atoms with van der Waals surface area (Å²) in [5.41, 5.74) is 5.50. The Balaban J connectivity index is 2.24. The molecule has 0 unspecified atom stereocenters. The van der Waals surface area contributed by atoms with E-state index in [1.807, 2.05) is 19.1 Å². The quantitative estimate of drug-likeness (QED) is 0.732. The lowest BCUT2D eigenvalue weighted by molar-refractivity contribution is -0.131. The van der Waals surface area contributed by atoms with E-state index in [-0.39, 0.29) is 13.2 Å². The summed E-state index contributed by atoms with van der Waals surface area (Å²) in [5.74, 6) is -0.278. The second-order valence-electron chi connectivity index (χ2n) is 3.63. The van der Waals surface area contributed by atoms with Crippen molar-refractivity contribution in [2.45, 2.75) is 6.92 Å². The molecule has 6 heteroatoms. The molecule has 2 amide bonds. The molecule has 0 saturated carbocycles. The van der Waals surface area contributed by atoms with E-state index >= 15 is 0 Å². The van der Waals surface area contributed by atoms with Crippen molar-refractivity contribution < 1.29 is 19.1 Å². The molecule has 1 aromatic carbocycles. The number of methoxy groups -OCH3 is 1. The Morgan fingerprint density at radius 2 is 1.61 bits per heavy atom. The summed E-state index contributed by atoms with van der Waals surface area (Å²) >= 11 is 0. The maximum absolute atomic E-state index is 11.3. The van der Waals surface area contributed by atoms with Crippen LogP contribution in [0.4, 0.5) is 0 Å². The van der Waals surface area contributed by atoms with E-state index < -0.39 is 11.8 Å². The molecular weight excluding hydrogens is 236 g/mol. The number of rotatable bonds is 5. The van der Waals surface area contributed by atoms with Crippen LogP contribution >= 0.6 is 0 Å². The SMILES string of the molecule is COCC(=O)NNC(=O)COc1ccc(C)cc1. The summed E-state index contributed by atoms with van der Waals surface area (Å²) in [4.78, 5) is 22.3. The molecule has 0 aliphatic rings. The predicted octanol–water partition coefficient (Wildman–Crippen LogP) is 0.168. The fourth-order valence-electron chi connectivity index (χ4n) is 1.13. The first-order valence-corrected chi connectivity index (χ1v) is 5.38. The zero-order valence-corrected chi connectivity index (χ0v) is 10.4. The van der Waals surface area contributed by atoms with Crippen LogP contribution in [0.25, 0.3) is 0 Å². The van der Waals surface area contributed by atoms with E-state index in [9.17, 15) is 9.59 Å². The average Bonchev–Trinajstić information content (AvgIpc) is 2.36. The highest BCUT2D eigenvalue weighted by molar-refractivity contribution is 5.83. The van der Waals surface area contributed by atoms with Crippen molar-refractivity contribution in [1.82, 2.24) is 10.9 Å². The summed E-state index contributed by atoms with van der Waals surface area (Å²) in [6, 6.07) is 7.30. The number of amides is 2. The zero-order chi connectivity index (χ0) is 13.4. The molecule has 2 N–H and O–H groups in total. The van der Waals surface area contributed by atoms with Gasteiger partial charge in [0.2, 0.25) is 0 Å². The Bertz CT molecular complexity index is 403. The molecule has 0 fully saturated rings. The summed E-state index contributed by atoms with van der Waals surface area (Å²) in [5, 5.41) is 0. The predicted molar refractivity (Wildman–Crippen MR) is 64.8 cm³/mol. The number of hydrazine groups is 1. The van der Waals surface area contributed by atoms with Crippen LogP contribution < -0.4 is 15.6 Å². The third kappa shape index (κ3) is 5.31. The lowest BCUT2D eigenvalue weighted by Gasteiger charge is -2.08. The third-order valence-electron chi connectivity index (χ3n) is 2.01. The molecule has 6 nitrogen and oxygen atoms in total. The van der Waals surface area contributed by atoms with E-state index in [0.29, 0.717) is 5.75 Å². The molecule has 0 saturated heterocycles. The van der Waals surface area contributed by atoms with Gasteiger partial charge in [0.05, 0.1) is 0 Å². The first-order valence-electron chi connectivity index (χ1n) is 5.38. The lowest BCUT2D eigenvalue weighted by Crippen LogP contribution is -2.45. The monoisotopic (exact) mass is 252 g/mol. The normalized spacial score (nSPS) is 9.67. The number of nitrogens with one attached hydrogen (secondary N) is 2. The molecule has 0 aliphatic carbocycles. The van der Waals surface area contributed by atoms with Gasteiger partial charge >= 0.3 is 0 Å². The largest absolute Gasteiger partial charge is 0.484 e. The molecule has 0 heterocycles. The molecule has 0 spiro atoms. The number of ether oxygens (including phenoxy) is 2. The van der Waals surface area contributed by atoms with Gasteiger partial charge in [-0.25, -0.2) is 0 Å². The summed E-state index contributed by atoms with van der Waals surface area (Å²) < 4.78 is 9.80. The van der Waals surface area contributed by atoms with Gasteiger partial charge in [-0.3, -0.25) is 20.4 Å². The van der Waals surface area contributed by atoms with E-state index in [1.165, 1.54) is 7.11 Å². The van der Waals surface area contributed by atoms with Gasteiger partial charge in [0.15, 0.2) is 6.61 Å². The van der Waals surface area contributed by atoms with Crippen LogP contribution in [0.3, 0.4) is 0 Å². The van der Waals surface area contributed by atoms with Crippen molar-refractivity contribution in [3.05, 3.63) is 29.8 Å². The number of aryl methyl sites for hydroxylation is 1. The molecule has 18 heavy (non-hydrogen) atoms. The highest BCUT2D eigenvalue weighted by Gasteiger charge is 2.04. The Morgan fingerprint density at radius 3 is 2.17 bits per heavy atom. The van der Waals surface area contributed by atoms with E-state index in [1.54, 1.807) is 12.1 Å². The lowest BCUT2D eigenvalue weighted by atomic mass is 10.2. The van der Waals surface area contributed by atoms with Crippen molar-refractivity contribution in [2.24, 2.45) is 0 Å². The van der Waals surface area contributed by atoms with Gasteiger partial charge in [-0.05, 0) is 19.1 Å². The number of benzene rings is 1. The minimum Gasteiger partial charge on any atom is -0.484 e. The fourth-order valence-corrected chi connectivity index (χ4v) is 1.13. The molecule has 0 aliphatic heterocycles. The second-order valence-corrected chi connectivity index (χ2v) is 3.63. The van der Waals surface area contributed by atoms with Crippen LogP contribution in [0.15, 0.2) is 24.3 Å². The van der Waals surface area contributed by atoms with Gasteiger partial charge in [-0.2, -0.15) is 0 Å². The summed E-state index contributed by atoms with van der Waals surface area (Å²) in [6.45, 7) is 1.68. The van der Waals surface area contributed by atoms with Gasteiger partial charge in [0.1, 0.15) is 12.4 Å². The Morgan fingerprint density at radius 1 is 1.06 bits per heavy atom. The smallest absolute Gasteiger partial charge is 0.276 e. The van der Waals surface area contributed by atoms with Crippen LogP contribution in [0, 0.1) is 6.92 Å². The van der Waals surface area contributed by atoms with Crippen LogP contribution in [0.2, 0.25) is 0 Å². The topological polar surface area (TPSA) is 76.7 Å². The van der Waals surface area contributed by atoms with Crippen molar-refractivity contribution >= 4 is 11.8 Å². The van der Waals surface area contributed by atoms with E-state index in [0.717, 1.165) is 5.56 Å². The van der Waals surface area contributed by atoms with Crippen molar-refractivity contribution in [3.63, 3.8) is 0 Å². The molecule has 0 bridgehead atoms. The Kier molecular flexibility index (Phi) is 5.66. The molecule has 0 radical (unpaired) electrons. The fraction of sp³-hybridized carbons (Fsp3) is 0.333. The molecule has 0 atom stereocenters. The highest BCUT2D eigenvalue weighted by Crippen LogP contribution is 2.10. The van der Waals surface area contributed by atoms with Gasteiger partial charge in [-0.15, -0.1) is 0 Å². The number of hydrogen-bond donors (Lipinski definition) is 2. The molecule has 1 aromatic rings. The van der Waals surface area contributed by atoms with Gasteiger partial charge in [0, 0.05) is 7.11 Å². The third-order valence-corrected chi connectivity index (χ3v) is 2.01. The minimum atomic E-state index is -0.444. The van der Waals surface area contributed by atoms with Crippen LogP contribution in [-0.2, 0) is 14.3 Å². The molecule has 98 valence electrons. The Labute approximate surface area is 105 Å². The summed E-state index contributed by atoms with van der Waals surface area (Å²) in [7, 11) is 1.39. The van der Waals surface area contributed by atoms with Crippen molar-refractivity contribution in [2.75, 3.05) is 20.3 Å². The summed E-state index contributed by atoms with van der Waals surface area (Å²) in [6.07, 6.45) is 0. The number of carbonyl (C=O) groups excluding carboxylic acids is 2. The zero-order valence-electron chi connectivity index (χ0n) is 10.4. The first kappa shape index (κ1) is 14.0. The molecular formula is C12H16N2O4. The second kappa shape index (κ2) is 7.29. The van der Waals surface area contributed by atoms with Crippen LogP contribution in [0.5, 0.6) is 5.75 Å². The van der Waals surface area contributed by atoms with E-state index in [2.05, 4.69) is 15.6 Å². The highest BCUT2D eigenvalue weighted by atomic mass is 16.5. The molecule has 1 rings (SSSR count). The van der Waals surface area contributed by atoms with Crippen LogP contribution in [-0.4, -0.2) is 32.1 Å². The van der Waals surface area contributed by atoms with Gasteiger partial charge < -0.3 is 9.47 Å². The van der Waals surface area contributed by atoms with Crippen molar-refractivity contribution in [3.8, 4) is 5.75 Å². The van der Waals surface area contributed by atoms with Gasteiger partial charge in [-0.1, -0.05) is 17.7 Å². The van der Waals surface area contributed by atoms with Gasteiger partial charge in [0.25, 0.3) is 11.8 Å². The van der Waals surface area contributed by atoms with Crippen LogP contribution in [0.1, 0.15) is 5.56 Å². The maximum Gasteiger partial charge on any atom is 0.276 e. The number of carbonyl (C=O) groups is 2. The number of hydrogen-bond acceptors (Lipinski definition) is 4. The maximum atomic E-state index is 11.3. The Hall–Kier alpha value is -2.08. The first-order chi connectivity index (χ1) is 8.61. The molecule has 0 aromatic heterocycles. The minimum absolute atomic E-state index is 0.112. The van der Waals surface area contributed by atoms with Crippen molar-refractivity contribution in [1.29, 1.82) is 0 Å². The van der Waals surface area contributed by atoms with E-state index in [4.69, 9.17) is 4.74 Å².